The molecule has 0 spiro atoms. The number of nitrogens with one attached hydrogen (secondary N) is 1. The molecule has 0 bridgehead atoms. The van der Waals surface area contributed by atoms with Gasteiger partial charge in [-0.1, -0.05) is 18.7 Å². The Morgan fingerprint density at radius 1 is 1.41 bits per heavy atom. The summed E-state index contributed by atoms with van der Waals surface area (Å²) in [5, 5.41) is 8.32. The number of nitrogens with two attached hydrogens (primary N) is 1. The van der Waals surface area contributed by atoms with E-state index in [0.717, 1.165) is 11.3 Å². The fourth-order valence-electron chi connectivity index (χ4n) is 3.04. The molecule has 3 N–H and O–H groups in total. The minimum absolute atomic E-state index is 0.416. The van der Waals surface area contributed by atoms with E-state index < -0.39 is 11.9 Å². The summed E-state index contributed by atoms with van der Waals surface area (Å²) in [6.07, 6.45) is 0. The van der Waals surface area contributed by atoms with Crippen LogP contribution in [0.5, 0.6) is 11.5 Å². The standard InChI is InChI=1S/C17H20BrN5O3S/c1-5-27-17-21-16-20-8(2)12(15(19)24)13(23(16)22-17)9-6-10(18)14(26-4)11(7-9)25-3/h6-7,13H,5H2,1-4H3,(H2,19,24)(H,20,21,22). The largest absolute Gasteiger partial charge is 0.493 e. The number of rotatable bonds is 6. The van der Waals surface area contributed by atoms with E-state index in [4.69, 9.17) is 15.2 Å². The molecule has 8 nitrogen and oxygen atoms in total. The Bertz CT molecular complexity index is 928. The van der Waals surface area contributed by atoms with E-state index in [1.807, 2.05) is 19.1 Å². The van der Waals surface area contributed by atoms with Gasteiger partial charge in [-0.2, -0.15) is 4.98 Å². The van der Waals surface area contributed by atoms with Gasteiger partial charge >= 0.3 is 0 Å². The predicted molar refractivity (Wildman–Crippen MR) is 107 cm³/mol. The number of halogens is 1. The van der Waals surface area contributed by atoms with Crippen molar-refractivity contribution in [3.63, 3.8) is 0 Å². The maximum Gasteiger partial charge on any atom is 0.248 e. The summed E-state index contributed by atoms with van der Waals surface area (Å²) in [7, 11) is 3.12. The molecule has 0 saturated heterocycles. The number of anilines is 1. The summed E-state index contributed by atoms with van der Waals surface area (Å²) in [5.74, 6) is 1.97. The van der Waals surface area contributed by atoms with Crippen LogP contribution in [0.25, 0.3) is 0 Å². The number of aromatic nitrogens is 3. The number of carbonyl (C=O) groups excluding carboxylic acids is 1. The highest BCUT2D eigenvalue weighted by Gasteiger charge is 2.34. The maximum absolute atomic E-state index is 12.2. The lowest BCUT2D eigenvalue weighted by atomic mass is 9.95. The van der Waals surface area contributed by atoms with Crippen LogP contribution in [0, 0.1) is 0 Å². The van der Waals surface area contributed by atoms with Gasteiger partial charge < -0.3 is 20.5 Å². The fourth-order valence-corrected chi connectivity index (χ4v) is 4.22. The molecule has 1 amide bonds. The second-order valence-electron chi connectivity index (χ2n) is 5.76. The first-order valence-corrected chi connectivity index (χ1v) is 9.97. The van der Waals surface area contributed by atoms with Gasteiger partial charge in [0.15, 0.2) is 11.5 Å². The lowest BCUT2D eigenvalue weighted by Gasteiger charge is -2.28. The fraction of sp³-hybridized carbons (Fsp3) is 0.353. The Labute approximate surface area is 169 Å². The van der Waals surface area contributed by atoms with Crippen molar-refractivity contribution in [1.82, 2.24) is 14.8 Å². The Morgan fingerprint density at radius 3 is 2.74 bits per heavy atom. The Morgan fingerprint density at radius 2 is 2.15 bits per heavy atom. The number of nitrogens with zero attached hydrogens (tertiary/aromatic N) is 3. The molecular weight excluding hydrogens is 434 g/mol. The van der Waals surface area contributed by atoms with E-state index in [1.165, 1.54) is 11.8 Å². The molecule has 3 rings (SSSR count). The molecular formula is C17H20BrN5O3S. The van der Waals surface area contributed by atoms with Crippen LogP contribution in [0.2, 0.25) is 0 Å². The van der Waals surface area contributed by atoms with Crippen LogP contribution >= 0.6 is 27.7 Å². The third-order valence-corrected chi connectivity index (χ3v) is 5.45. The third-order valence-electron chi connectivity index (χ3n) is 4.14. The molecule has 1 atom stereocenters. The van der Waals surface area contributed by atoms with Crippen molar-refractivity contribution in [2.75, 3.05) is 25.3 Å². The number of ether oxygens (including phenoxy) is 2. The number of amides is 1. The van der Waals surface area contributed by atoms with Gasteiger partial charge in [0.1, 0.15) is 6.04 Å². The van der Waals surface area contributed by atoms with Gasteiger partial charge in [-0.3, -0.25) is 4.79 Å². The normalized spacial score (nSPS) is 16.0. The number of hydrogen-bond donors (Lipinski definition) is 2. The first-order valence-electron chi connectivity index (χ1n) is 8.19. The highest BCUT2D eigenvalue weighted by atomic mass is 79.9. The minimum Gasteiger partial charge on any atom is -0.493 e. The van der Waals surface area contributed by atoms with Crippen molar-refractivity contribution in [2.45, 2.75) is 25.0 Å². The topological polar surface area (TPSA) is 104 Å². The SMILES string of the molecule is CCSc1nc2n(n1)C(c1cc(Br)c(OC)c(OC)c1)C(C(N)=O)=C(C)N2. The average molecular weight is 454 g/mol. The molecule has 1 aliphatic rings. The van der Waals surface area contributed by atoms with E-state index in [0.29, 0.717) is 38.3 Å². The molecule has 0 fully saturated rings. The number of fused-ring (bicyclic) bond motifs is 1. The Kier molecular flexibility index (Phi) is 5.66. The highest BCUT2D eigenvalue weighted by molar-refractivity contribution is 9.10. The molecule has 1 aromatic carbocycles. The first-order chi connectivity index (χ1) is 12.9. The Hall–Kier alpha value is -2.20. The van der Waals surface area contributed by atoms with Gasteiger partial charge in [0.05, 0.1) is 24.3 Å². The monoisotopic (exact) mass is 453 g/mol. The lowest BCUT2D eigenvalue weighted by Crippen LogP contribution is -2.31. The quantitative estimate of drug-likeness (QED) is 0.647. The number of benzene rings is 1. The van der Waals surface area contributed by atoms with Gasteiger partial charge in [-0.25, -0.2) is 4.68 Å². The van der Waals surface area contributed by atoms with Crippen LogP contribution in [0.3, 0.4) is 0 Å². The summed E-state index contributed by atoms with van der Waals surface area (Å²) < 4.78 is 13.2. The molecule has 2 heterocycles. The highest BCUT2D eigenvalue weighted by Crippen LogP contribution is 2.42. The molecule has 1 aromatic heterocycles. The zero-order chi connectivity index (χ0) is 19.7. The van der Waals surface area contributed by atoms with Crippen LogP contribution in [0.1, 0.15) is 25.5 Å². The van der Waals surface area contributed by atoms with Gasteiger partial charge in [-0.15, -0.1) is 5.10 Å². The number of methoxy groups -OCH3 is 2. The smallest absolute Gasteiger partial charge is 0.248 e. The second-order valence-corrected chi connectivity index (χ2v) is 7.85. The molecule has 10 heteroatoms. The van der Waals surface area contributed by atoms with Gasteiger partial charge in [0.25, 0.3) is 0 Å². The molecule has 0 aliphatic carbocycles. The molecule has 0 saturated carbocycles. The summed E-state index contributed by atoms with van der Waals surface area (Å²) in [5.41, 5.74) is 7.53. The number of hydrogen-bond acceptors (Lipinski definition) is 7. The molecule has 144 valence electrons. The van der Waals surface area contributed by atoms with Crippen LogP contribution < -0.4 is 20.5 Å². The van der Waals surface area contributed by atoms with Crippen molar-refractivity contribution in [1.29, 1.82) is 0 Å². The number of allylic oxidation sites excluding steroid dienone is 1. The summed E-state index contributed by atoms with van der Waals surface area (Å²) in [6.45, 7) is 3.83. The number of carbonyl (C=O) groups is 1. The van der Waals surface area contributed by atoms with Gasteiger partial charge in [0.2, 0.25) is 17.0 Å². The van der Waals surface area contributed by atoms with Crippen molar-refractivity contribution in [3.05, 3.63) is 33.4 Å². The average Bonchev–Trinajstić information content (AvgIpc) is 3.01. The van der Waals surface area contributed by atoms with E-state index in [2.05, 4.69) is 31.3 Å². The second kappa shape index (κ2) is 7.81. The summed E-state index contributed by atoms with van der Waals surface area (Å²) >= 11 is 5.03. The summed E-state index contributed by atoms with van der Waals surface area (Å²) in [4.78, 5) is 16.8. The van der Waals surface area contributed by atoms with E-state index >= 15 is 0 Å². The van der Waals surface area contributed by atoms with Crippen LogP contribution in [-0.4, -0.2) is 40.6 Å². The zero-order valence-corrected chi connectivity index (χ0v) is 17.8. The van der Waals surface area contributed by atoms with E-state index in [9.17, 15) is 4.79 Å². The molecule has 0 radical (unpaired) electrons. The van der Waals surface area contributed by atoms with Gasteiger partial charge in [0, 0.05) is 5.70 Å². The van der Waals surface area contributed by atoms with Crippen molar-refractivity contribution < 1.29 is 14.3 Å². The van der Waals surface area contributed by atoms with E-state index in [1.54, 1.807) is 25.8 Å². The van der Waals surface area contributed by atoms with Crippen molar-refractivity contribution in [3.8, 4) is 11.5 Å². The predicted octanol–water partition coefficient (Wildman–Crippen LogP) is 2.94. The lowest BCUT2D eigenvalue weighted by molar-refractivity contribution is -0.115. The van der Waals surface area contributed by atoms with Crippen molar-refractivity contribution in [2.24, 2.45) is 5.73 Å². The van der Waals surface area contributed by atoms with Crippen LogP contribution in [0.15, 0.2) is 33.0 Å². The molecule has 2 aromatic rings. The zero-order valence-electron chi connectivity index (χ0n) is 15.4. The maximum atomic E-state index is 12.2. The van der Waals surface area contributed by atoms with Crippen LogP contribution in [-0.2, 0) is 4.79 Å². The Balaban J connectivity index is 2.22. The van der Waals surface area contributed by atoms with Crippen LogP contribution in [0.4, 0.5) is 5.95 Å². The van der Waals surface area contributed by atoms with Gasteiger partial charge in [-0.05, 0) is 46.3 Å². The minimum atomic E-state index is -0.534. The molecule has 27 heavy (non-hydrogen) atoms. The van der Waals surface area contributed by atoms with E-state index in [-0.39, 0.29) is 0 Å². The number of primary amides is 1. The molecule has 1 unspecified atom stereocenters. The third kappa shape index (κ3) is 3.51. The van der Waals surface area contributed by atoms with Crippen molar-refractivity contribution >= 4 is 39.5 Å². The number of thioether (sulfide) groups is 1. The summed E-state index contributed by atoms with van der Waals surface area (Å²) in [6, 6.07) is 3.15. The first kappa shape index (κ1) is 19.6. The molecule has 1 aliphatic heterocycles.